The van der Waals surface area contributed by atoms with Crippen LogP contribution in [0.1, 0.15) is 0 Å². The van der Waals surface area contributed by atoms with Gasteiger partial charge in [0.15, 0.2) is 44.0 Å². The maximum absolute atomic E-state index is 11.9. The van der Waals surface area contributed by atoms with E-state index in [1.165, 1.54) is 10.9 Å². The molecule has 20 N–H and O–H groups in total. The van der Waals surface area contributed by atoms with Gasteiger partial charge in [-0.05, 0) is 0 Å². The van der Waals surface area contributed by atoms with Gasteiger partial charge >= 0.3 is 0 Å². The zero-order chi connectivity index (χ0) is 62.4. The number of aliphatic hydroxyl groups excluding tert-OH is 20. The number of hydrogen-bond acceptors (Lipinski definition) is 36. The van der Waals surface area contributed by atoms with Gasteiger partial charge in [-0.2, -0.15) is 0 Å². The third-order valence-electron chi connectivity index (χ3n) is 16.6. The monoisotopic (exact) mass is 1260 g/mol. The molecular formula is C50H75N3O34. The van der Waals surface area contributed by atoms with Crippen molar-refractivity contribution >= 4 is 0 Å². The molecule has 21 aliphatic heterocycles. The maximum atomic E-state index is 11.9. The molecule has 0 unspecified atom stereocenters. The number of aliphatic hydroxyl groups is 20. The van der Waals surface area contributed by atoms with Crippen LogP contribution in [0.15, 0.2) is 36.5 Å². The molecule has 21 aliphatic rings. The van der Waals surface area contributed by atoms with Gasteiger partial charge in [0.2, 0.25) is 0 Å². The Morgan fingerprint density at radius 2 is 0.506 bits per heavy atom. The Labute approximate surface area is 491 Å². The van der Waals surface area contributed by atoms with Crippen molar-refractivity contribution in [3.63, 3.8) is 0 Å². The van der Waals surface area contributed by atoms with Crippen LogP contribution in [-0.4, -0.2) is 372 Å². The van der Waals surface area contributed by atoms with Gasteiger partial charge in [-0.3, -0.25) is 0 Å². The summed E-state index contributed by atoms with van der Waals surface area (Å²) in [6.07, 6.45) is -68.8. The molecule has 14 bridgehead atoms. The van der Waals surface area contributed by atoms with Crippen molar-refractivity contribution in [1.29, 1.82) is 0 Å². The molecule has 37 heteroatoms. The van der Waals surface area contributed by atoms with Crippen molar-refractivity contribution in [1.82, 2.24) is 15.0 Å². The number of ether oxygens (including phenoxy) is 14. The van der Waals surface area contributed by atoms with E-state index in [-0.39, 0.29) is 0 Å². The average Bonchev–Trinajstić information content (AvgIpc) is 3.05. The van der Waals surface area contributed by atoms with Gasteiger partial charge in [0, 0.05) is 5.56 Å². The number of rotatable bonds is 9. The largest absolute Gasteiger partial charge is 0.394 e. The SMILES string of the molecule is OC[C@H]1O[C@@H]2O[C@H]3[C@H](O)[C@@H](O)[C@@H](O[C@H]4[C@H](O)[C@@H](O)[C@@H](O[C@H]5[C@H](O)[C@@H](O)[C@@H](O[C@H]6[C@H](O)[C@@H](O)[C@@H](O[C@H]7[C@H](O)[C@@H](O)[C@@H](O[C@H]8[C@H](O)[C@@H](O)[C@@H](O[C@H]1[C@H](O)[C@H]2O)O[C@@H]8CO)O[C@@H]7CO)O[C@@H]6CO)O[C@@H]5Cn1cc(-c2ccccc2)nn1)O[C@@H]4CO)O[C@@H]3CO. The first-order chi connectivity index (χ1) is 41.6. The highest BCUT2D eigenvalue weighted by Gasteiger charge is 2.59. The number of aromatic nitrogens is 3. The summed E-state index contributed by atoms with van der Waals surface area (Å²) >= 11 is 0. The van der Waals surface area contributed by atoms with E-state index in [9.17, 15) is 102 Å². The zero-order valence-electron chi connectivity index (χ0n) is 45.6. The standard InChI is InChI=1S/C50H75N3O34/c54-8-17-38-25(62)32(69)46(76-17)84-40-19(10-56)78-48(34(71)27(40)64)86-42-21(12-58)80-50(36(73)29(42)66)87-43-22(13-59)79-49(35(72)28(43)65)85-41-20(11-57)77-47(33(70)26(41)63)83-39-18(9-55)75-45(31(68)24(39)61)81-37-16(74-44(82-38)30(67)23(37)60)7-53-6-15(51-52-53)14-4-2-1-3-5-14/h1-6,16-50,54-73H,7-13H2/t16-,17-,18-,19-,20-,21-,22-,23-,24-,25-,26-,27-,28-,29-,30-,31-,32-,33-,34-,35-,36-,37-,38-,39-,40-,41-,42-,43-,44-,45-,46-,47-,48-,49-,50-/m1/s1. The van der Waals surface area contributed by atoms with E-state index in [1.807, 2.05) is 0 Å². The molecule has 21 saturated heterocycles. The minimum Gasteiger partial charge on any atom is -0.394 e. The average molecular weight is 1260 g/mol. The Hall–Kier alpha value is -3.00. The second-order valence-electron chi connectivity index (χ2n) is 22.2. The Morgan fingerprint density at radius 1 is 0.287 bits per heavy atom. The molecule has 23 rings (SSSR count). The number of hydrogen-bond donors (Lipinski definition) is 20. The van der Waals surface area contributed by atoms with Gasteiger partial charge in [0.1, 0.15) is 177 Å². The lowest BCUT2D eigenvalue weighted by Gasteiger charge is -2.50. The molecule has 1 aromatic heterocycles. The van der Waals surface area contributed by atoms with Crippen LogP contribution >= 0.6 is 0 Å². The van der Waals surface area contributed by atoms with Crippen molar-refractivity contribution in [2.24, 2.45) is 0 Å². The van der Waals surface area contributed by atoms with Crippen LogP contribution in [0.25, 0.3) is 11.3 Å². The molecule has 0 radical (unpaired) electrons. The zero-order valence-corrected chi connectivity index (χ0v) is 45.6. The van der Waals surface area contributed by atoms with Gasteiger partial charge in [-0.1, -0.05) is 35.5 Å². The van der Waals surface area contributed by atoms with Crippen LogP contribution in [0.5, 0.6) is 0 Å². The van der Waals surface area contributed by atoms with Crippen LogP contribution in [0.2, 0.25) is 0 Å². The summed E-state index contributed by atoms with van der Waals surface area (Å²) in [5.41, 5.74) is 0.969. The summed E-state index contributed by atoms with van der Waals surface area (Å²) in [4.78, 5) is 0. The number of benzene rings is 1. The van der Waals surface area contributed by atoms with E-state index in [2.05, 4.69) is 10.3 Å². The molecule has 494 valence electrons. The summed E-state index contributed by atoms with van der Waals surface area (Å²) in [5.74, 6) is 0. The van der Waals surface area contributed by atoms with Crippen molar-refractivity contribution in [3.05, 3.63) is 36.5 Å². The second-order valence-corrected chi connectivity index (χ2v) is 22.2. The second kappa shape index (κ2) is 28.5. The van der Waals surface area contributed by atoms with Crippen molar-refractivity contribution in [2.75, 3.05) is 39.6 Å². The van der Waals surface area contributed by atoms with Gasteiger partial charge in [0.05, 0.1) is 52.4 Å². The van der Waals surface area contributed by atoms with Crippen LogP contribution in [0, 0.1) is 0 Å². The van der Waals surface area contributed by atoms with E-state index in [0.717, 1.165) is 0 Å². The first kappa shape index (κ1) is 66.9. The fourth-order valence-corrected chi connectivity index (χ4v) is 11.7. The van der Waals surface area contributed by atoms with E-state index in [1.54, 1.807) is 30.3 Å². The highest BCUT2D eigenvalue weighted by atomic mass is 16.8. The summed E-state index contributed by atoms with van der Waals surface area (Å²) in [6.45, 7) is -6.72. The smallest absolute Gasteiger partial charge is 0.187 e. The molecule has 0 saturated carbocycles. The summed E-state index contributed by atoms with van der Waals surface area (Å²) < 4.78 is 82.8. The fraction of sp³-hybridized carbons (Fsp3) is 0.840. The minimum absolute atomic E-state index is 0.349. The van der Waals surface area contributed by atoms with Gasteiger partial charge in [-0.15, -0.1) is 5.10 Å². The lowest BCUT2D eigenvalue weighted by Crippen LogP contribution is -2.68. The Morgan fingerprint density at radius 3 is 0.736 bits per heavy atom. The lowest BCUT2D eigenvalue weighted by molar-refractivity contribution is -0.396. The molecule has 35 atom stereocenters. The quantitative estimate of drug-likeness (QED) is 0.111. The third kappa shape index (κ3) is 13.3. The molecule has 0 spiro atoms. The first-order valence-corrected chi connectivity index (χ1v) is 28.0. The molecule has 22 heterocycles. The van der Waals surface area contributed by atoms with E-state index < -0.39 is 261 Å². The minimum atomic E-state index is -2.22. The van der Waals surface area contributed by atoms with Crippen molar-refractivity contribution < 1.29 is 168 Å². The highest BCUT2D eigenvalue weighted by molar-refractivity contribution is 5.57. The molecule has 1 aromatic carbocycles. The molecule has 0 aliphatic carbocycles. The molecule has 2 aromatic rings. The van der Waals surface area contributed by atoms with E-state index in [4.69, 9.17) is 66.3 Å². The van der Waals surface area contributed by atoms with Gasteiger partial charge in [-0.25, -0.2) is 4.68 Å². The van der Waals surface area contributed by atoms with Crippen molar-refractivity contribution in [2.45, 2.75) is 221 Å². The predicted octanol–water partition coefficient (Wildman–Crippen LogP) is -13.3. The molecular weight excluding hydrogens is 1190 g/mol. The Kier molecular flexibility index (Phi) is 21.9. The fourth-order valence-electron chi connectivity index (χ4n) is 11.7. The molecule has 21 fully saturated rings. The predicted molar refractivity (Wildman–Crippen MR) is 267 cm³/mol. The van der Waals surface area contributed by atoms with E-state index >= 15 is 0 Å². The Balaban J connectivity index is 0.955. The molecule has 0 amide bonds. The topological polar surface area (TPSA) is 565 Å². The van der Waals surface area contributed by atoms with Crippen LogP contribution in [0.3, 0.4) is 0 Å². The third-order valence-corrected chi connectivity index (χ3v) is 16.6. The molecule has 87 heavy (non-hydrogen) atoms. The van der Waals surface area contributed by atoms with Crippen LogP contribution < -0.4 is 0 Å². The summed E-state index contributed by atoms with van der Waals surface area (Å²) in [5, 5.41) is 233. The first-order valence-electron chi connectivity index (χ1n) is 28.0. The lowest BCUT2D eigenvalue weighted by atomic mass is 9.95. The highest BCUT2D eigenvalue weighted by Crippen LogP contribution is 2.39. The normalized spacial score (nSPS) is 50.3. The van der Waals surface area contributed by atoms with Gasteiger partial charge < -0.3 is 168 Å². The van der Waals surface area contributed by atoms with Crippen LogP contribution in [0.4, 0.5) is 0 Å². The Bertz CT molecular complexity index is 2450. The van der Waals surface area contributed by atoms with Crippen molar-refractivity contribution in [3.8, 4) is 11.3 Å². The summed E-state index contributed by atoms with van der Waals surface area (Å²) in [7, 11) is 0. The van der Waals surface area contributed by atoms with E-state index in [0.29, 0.717) is 11.3 Å². The molecule has 37 nitrogen and oxygen atoms in total. The number of nitrogens with zero attached hydrogens (tertiary/aromatic N) is 3. The summed E-state index contributed by atoms with van der Waals surface area (Å²) in [6, 6.07) is 8.69. The maximum Gasteiger partial charge on any atom is 0.187 e. The van der Waals surface area contributed by atoms with Crippen LogP contribution in [-0.2, 0) is 72.9 Å². The van der Waals surface area contributed by atoms with Gasteiger partial charge in [0.25, 0.3) is 0 Å².